The maximum atomic E-state index is 11.1. The number of amides is 1. The first-order valence-corrected chi connectivity index (χ1v) is 9.69. The molecule has 2 N–H and O–H groups in total. The summed E-state index contributed by atoms with van der Waals surface area (Å²) in [5, 5.41) is 25.8. The molecule has 0 spiro atoms. The van der Waals surface area contributed by atoms with E-state index < -0.39 is 12.1 Å². The molecule has 30 heavy (non-hydrogen) atoms. The summed E-state index contributed by atoms with van der Waals surface area (Å²) < 4.78 is 3.52. The van der Waals surface area contributed by atoms with Gasteiger partial charge in [-0.25, -0.2) is 14.5 Å². The predicted molar refractivity (Wildman–Crippen MR) is 112 cm³/mol. The zero-order chi connectivity index (χ0) is 21.4. The highest BCUT2D eigenvalue weighted by Crippen LogP contribution is 2.29. The summed E-state index contributed by atoms with van der Waals surface area (Å²) in [4.78, 5) is 15.5. The molecule has 0 aliphatic rings. The Bertz CT molecular complexity index is 1250. The summed E-state index contributed by atoms with van der Waals surface area (Å²) in [6, 6.07) is 8.93. The third-order valence-corrected chi connectivity index (χ3v) is 5.25. The smallest absolute Gasteiger partial charge is 0.405 e. The van der Waals surface area contributed by atoms with Gasteiger partial charge in [-0.1, -0.05) is 41.1 Å². The number of aromatic nitrogens is 6. The summed E-state index contributed by atoms with van der Waals surface area (Å²) in [5.74, 6) is 0. The van der Waals surface area contributed by atoms with Crippen molar-refractivity contribution in [3.05, 3.63) is 58.6 Å². The molecular formula is C20H20ClN7O2. The van der Waals surface area contributed by atoms with Crippen molar-refractivity contribution in [2.75, 3.05) is 0 Å². The number of hydrogen-bond acceptors (Lipinski definition) is 5. The number of benzene rings is 1. The zero-order valence-electron chi connectivity index (χ0n) is 16.7. The molecule has 0 aliphatic carbocycles. The molecule has 0 aliphatic heterocycles. The summed E-state index contributed by atoms with van der Waals surface area (Å²) in [6.45, 7) is 4.09. The minimum atomic E-state index is -1.08. The van der Waals surface area contributed by atoms with Crippen LogP contribution in [0.1, 0.15) is 29.9 Å². The number of halogens is 1. The fraction of sp³-hybridized carbons (Fsp3) is 0.250. The highest BCUT2D eigenvalue weighted by molar-refractivity contribution is 6.30. The van der Waals surface area contributed by atoms with Crippen LogP contribution in [-0.2, 0) is 13.6 Å². The molecule has 0 bridgehead atoms. The highest BCUT2D eigenvalue weighted by Gasteiger charge is 2.19. The Morgan fingerprint density at radius 2 is 2.10 bits per heavy atom. The third-order valence-electron chi connectivity index (χ3n) is 5.06. The summed E-state index contributed by atoms with van der Waals surface area (Å²) >= 11 is 6.19. The normalized spacial score (nSPS) is 12.3. The second-order valence-electron chi connectivity index (χ2n) is 7.04. The fourth-order valence-electron chi connectivity index (χ4n) is 3.62. The molecular weight excluding hydrogens is 406 g/mol. The fourth-order valence-corrected chi connectivity index (χ4v) is 3.84. The first-order chi connectivity index (χ1) is 14.3. The minimum Gasteiger partial charge on any atom is -0.465 e. The van der Waals surface area contributed by atoms with Crippen LogP contribution in [0.4, 0.5) is 4.79 Å². The van der Waals surface area contributed by atoms with E-state index in [1.165, 1.54) is 0 Å². The SMILES string of the molecule is Cc1c(-c2ccccc2C(C)NC(=O)O)nnn1Cc1nc(Cl)cc2cnn(C)c12. The lowest BCUT2D eigenvalue weighted by Gasteiger charge is -2.15. The lowest BCUT2D eigenvalue weighted by atomic mass is 9.98. The van der Waals surface area contributed by atoms with Crippen LogP contribution >= 0.6 is 11.6 Å². The number of hydrogen-bond donors (Lipinski definition) is 2. The molecule has 1 aromatic carbocycles. The molecule has 4 aromatic rings. The molecule has 0 fully saturated rings. The van der Waals surface area contributed by atoms with E-state index in [0.717, 1.165) is 33.4 Å². The van der Waals surface area contributed by atoms with Crippen LogP contribution in [0.5, 0.6) is 0 Å². The van der Waals surface area contributed by atoms with E-state index in [-0.39, 0.29) is 0 Å². The van der Waals surface area contributed by atoms with Gasteiger partial charge in [-0.2, -0.15) is 5.10 Å². The lowest BCUT2D eigenvalue weighted by Crippen LogP contribution is -2.24. The number of fused-ring (bicyclic) bond motifs is 1. The average Bonchev–Trinajstić information content (AvgIpc) is 3.24. The van der Waals surface area contributed by atoms with E-state index in [4.69, 9.17) is 16.7 Å². The van der Waals surface area contributed by atoms with Gasteiger partial charge in [-0.15, -0.1) is 5.10 Å². The van der Waals surface area contributed by atoms with Gasteiger partial charge in [0.2, 0.25) is 0 Å². The van der Waals surface area contributed by atoms with Gasteiger partial charge in [0.25, 0.3) is 0 Å². The number of carbonyl (C=O) groups is 1. The van der Waals surface area contributed by atoms with Gasteiger partial charge in [0.15, 0.2) is 0 Å². The Kier molecular flexibility index (Phi) is 5.13. The van der Waals surface area contributed by atoms with Gasteiger partial charge in [0.1, 0.15) is 10.8 Å². The number of nitrogens with one attached hydrogen (secondary N) is 1. The second kappa shape index (κ2) is 7.75. The van der Waals surface area contributed by atoms with Gasteiger partial charge in [0.05, 0.1) is 35.7 Å². The van der Waals surface area contributed by atoms with Gasteiger partial charge in [-0.05, 0) is 25.5 Å². The molecule has 9 nitrogen and oxygen atoms in total. The monoisotopic (exact) mass is 425 g/mol. The molecule has 1 amide bonds. The number of carboxylic acid groups (broad SMARTS) is 1. The van der Waals surface area contributed by atoms with Crippen LogP contribution in [0.2, 0.25) is 5.15 Å². The number of nitrogens with zero attached hydrogens (tertiary/aromatic N) is 6. The van der Waals surface area contributed by atoms with Crippen molar-refractivity contribution in [3.8, 4) is 11.3 Å². The topological polar surface area (TPSA) is 111 Å². The van der Waals surface area contributed by atoms with E-state index in [1.54, 1.807) is 28.6 Å². The lowest BCUT2D eigenvalue weighted by molar-refractivity contribution is 0.191. The van der Waals surface area contributed by atoms with E-state index in [1.807, 2.05) is 38.2 Å². The van der Waals surface area contributed by atoms with Crippen molar-refractivity contribution >= 4 is 28.6 Å². The predicted octanol–water partition coefficient (Wildman–Crippen LogP) is 3.57. The minimum absolute atomic E-state index is 0.376. The van der Waals surface area contributed by atoms with Crippen molar-refractivity contribution in [3.63, 3.8) is 0 Å². The Hall–Kier alpha value is -3.46. The Morgan fingerprint density at radius 3 is 2.87 bits per heavy atom. The van der Waals surface area contributed by atoms with Crippen LogP contribution in [0, 0.1) is 6.92 Å². The molecule has 1 atom stereocenters. The van der Waals surface area contributed by atoms with Crippen LogP contribution in [0.25, 0.3) is 22.2 Å². The molecule has 154 valence electrons. The average molecular weight is 426 g/mol. The zero-order valence-corrected chi connectivity index (χ0v) is 17.4. The van der Waals surface area contributed by atoms with Gasteiger partial charge in [-0.3, -0.25) is 4.68 Å². The van der Waals surface area contributed by atoms with Crippen molar-refractivity contribution < 1.29 is 9.90 Å². The second-order valence-corrected chi connectivity index (χ2v) is 7.42. The van der Waals surface area contributed by atoms with E-state index in [9.17, 15) is 4.79 Å². The molecule has 1 unspecified atom stereocenters. The summed E-state index contributed by atoms with van der Waals surface area (Å²) in [6.07, 6.45) is 0.670. The molecule has 0 radical (unpaired) electrons. The van der Waals surface area contributed by atoms with E-state index in [2.05, 4.69) is 25.7 Å². The van der Waals surface area contributed by atoms with Crippen LogP contribution in [0.15, 0.2) is 36.5 Å². The summed E-state index contributed by atoms with van der Waals surface area (Å²) in [7, 11) is 1.86. The Labute approximate surface area is 177 Å². The molecule has 3 heterocycles. The maximum absolute atomic E-state index is 11.1. The number of aryl methyl sites for hydroxylation is 1. The molecule has 10 heteroatoms. The van der Waals surface area contributed by atoms with Crippen molar-refractivity contribution in [2.24, 2.45) is 7.05 Å². The van der Waals surface area contributed by atoms with Gasteiger partial charge >= 0.3 is 6.09 Å². The van der Waals surface area contributed by atoms with Crippen molar-refractivity contribution in [1.82, 2.24) is 35.1 Å². The van der Waals surface area contributed by atoms with Crippen LogP contribution in [-0.4, -0.2) is 41.0 Å². The molecule has 0 saturated carbocycles. The highest BCUT2D eigenvalue weighted by atomic mass is 35.5. The number of rotatable bonds is 5. The standard InChI is InChI=1S/C20H20ClN7O2/c1-11(23-20(29)30)14-6-4-5-7-15(14)18-12(2)28(26-25-18)10-16-19-13(8-17(21)24-16)9-22-27(19)3/h4-9,11,23H,10H2,1-3H3,(H,29,30). The first-order valence-electron chi connectivity index (χ1n) is 9.31. The summed E-state index contributed by atoms with van der Waals surface area (Å²) in [5.41, 5.74) is 4.80. The molecule has 0 saturated heterocycles. The van der Waals surface area contributed by atoms with Gasteiger partial charge < -0.3 is 10.4 Å². The molecule has 3 aromatic heterocycles. The van der Waals surface area contributed by atoms with Crippen molar-refractivity contribution in [2.45, 2.75) is 26.4 Å². The quantitative estimate of drug-likeness (QED) is 0.473. The number of pyridine rings is 1. The van der Waals surface area contributed by atoms with E-state index in [0.29, 0.717) is 17.4 Å². The maximum Gasteiger partial charge on any atom is 0.405 e. The Balaban J connectivity index is 1.73. The largest absolute Gasteiger partial charge is 0.465 e. The van der Waals surface area contributed by atoms with Gasteiger partial charge in [0, 0.05) is 18.0 Å². The van der Waals surface area contributed by atoms with Crippen LogP contribution in [0.3, 0.4) is 0 Å². The van der Waals surface area contributed by atoms with Crippen LogP contribution < -0.4 is 5.32 Å². The Morgan fingerprint density at radius 1 is 1.33 bits per heavy atom. The van der Waals surface area contributed by atoms with E-state index >= 15 is 0 Å². The third kappa shape index (κ3) is 3.59. The molecule has 4 rings (SSSR count). The van der Waals surface area contributed by atoms with Crippen molar-refractivity contribution in [1.29, 1.82) is 0 Å². The first kappa shape index (κ1) is 19.8.